The predicted molar refractivity (Wildman–Crippen MR) is 62.6 cm³/mol. The molecule has 2 aliphatic heterocycles. The number of carbonyl (C=O) groups excluding carboxylic acids is 3. The lowest BCUT2D eigenvalue weighted by Gasteiger charge is -2.21. The number of rotatable bonds is 0. The van der Waals surface area contributed by atoms with Gasteiger partial charge in [0, 0.05) is 6.08 Å². The van der Waals surface area contributed by atoms with Gasteiger partial charge in [-0.05, 0) is 12.1 Å². The molecule has 0 amide bonds. The van der Waals surface area contributed by atoms with Crippen molar-refractivity contribution < 1.29 is 41.8 Å². The molecule has 1 aromatic carbocycles. The Hall–Kier alpha value is -2.79. The maximum absolute atomic E-state index is 12.9. The molecule has 11 heteroatoms. The molecule has 0 aliphatic carbocycles. The molecule has 1 unspecified atom stereocenters. The van der Waals surface area contributed by atoms with Gasteiger partial charge in [0.15, 0.2) is 0 Å². The summed E-state index contributed by atoms with van der Waals surface area (Å²) in [6.45, 7) is 0. The van der Waals surface area contributed by atoms with Crippen molar-refractivity contribution in [3.8, 4) is 0 Å². The first-order valence-electron chi connectivity index (χ1n) is 5.74. The number of benzene rings is 1. The Morgan fingerprint density at radius 3 is 1.87 bits per heavy atom. The largest absolute Gasteiger partial charge is 0.385 e. The Morgan fingerprint density at radius 1 is 1.00 bits per heavy atom. The molecule has 3 rings (SSSR count). The summed E-state index contributed by atoms with van der Waals surface area (Å²) in [5, 5.41) is 8.36. The smallest absolute Gasteiger partial charge is 0.350 e. The summed E-state index contributed by atoms with van der Waals surface area (Å²) in [5.74, 6) is -9.79. The Balaban J connectivity index is 0.000000174. The number of esters is 2. The molecule has 7 nitrogen and oxygen atoms in total. The van der Waals surface area contributed by atoms with Crippen LogP contribution in [0.15, 0.2) is 24.2 Å². The third-order valence-electron chi connectivity index (χ3n) is 2.63. The normalized spacial score (nSPS) is 22.5. The SMILES string of the molecule is O=C1C=C(F)NNC1(O)F.O=C1OC(=O)c2c(F)ccc(F)c21. The van der Waals surface area contributed by atoms with Crippen molar-refractivity contribution in [3.63, 3.8) is 0 Å². The van der Waals surface area contributed by atoms with Crippen LogP contribution in [0.2, 0.25) is 0 Å². The summed E-state index contributed by atoms with van der Waals surface area (Å²) >= 11 is 0. The zero-order valence-corrected chi connectivity index (χ0v) is 10.8. The van der Waals surface area contributed by atoms with Crippen molar-refractivity contribution in [2.24, 2.45) is 0 Å². The van der Waals surface area contributed by atoms with E-state index in [-0.39, 0.29) is 0 Å². The molecular weight excluding hydrogens is 328 g/mol. The van der Waals surface area contributed by atoms with E-state index >= 15 is 0 Å². The molecule has 122 valence electrons. The van der Waals surface area contributed by atoms with Crippen LogP contribution in [-0.2, 0) is 9.53 Å². The molecule has 2 heterocycles. The molecule has 0 fully saturated rings. The van der Waals surface area contributed by atoms with Crippen molar-refractivity contribution in [2.75, 3.05) is 0 Å². The monoisotopic (exact) mass is 334 g/mol. The van der Waals surface area contributed by atoms with E-state index in [1.165, 1.54) is 5.43 Å². The number of hydrogen-bond donors (Lipinski definition) is 3. The minimum absolute atomic E-state index is 0.316. The van der Waals surface area contributed by atoms with Gasteiger partial charge in [-0.3, -0.25) is 10.2 Å². The van der Waals surface area contributed by atoms with Crippen molar-refractivity contribution in [2.45, 2.75) is 5.98 Å². The zero-order valence-electron chi connectivity index (χ0n) is 10.8. The van der Waals surface area contributed by atoms with E-state index < -0.39 is 52.4 Å². The van der Waals surface area contributed by atoms with Crippen molar-refractivity contribution >= 4 is 17.7 Å². The molecule has 0 saturated carbocycles. The Labute approximate surface area is 124 Å². The van der Waals surface area contributed by atoms with Gasteiger partial charge in [-0.25, -0.2) is 18.4 Å². The van der Waals surface area contributed by atoms with Gasteiger partial charge >= 0.3 is 17.9 Å². The Kier molecular flexibility index (Phi) is 4.16. The first-order valence-corrected chi connectivity index (χ1v) is 5.74. The molecule has 3 N–H and O–H groups in total. The van der Waals surface area contributed by atoms with Gasteiger partial charge in [0.2, 0.25) is 11.7 Å². The van der Waals surface area contributed by atoms with Crippen LogP contribution >= 0.6 is 0 Å². The molecule has 23 heavy (non-hydrogen) atoms. The van der Waals surface area contributed by atoms with Crippen LogP contribution < -0.4 is 10.9 Å². The van der Waals surface area contributed by atoms with Gasteiger partial charge in [-0.15, -0.1) is 0 Å². The maximum Gasteiger partial charge on any atom is 0.350 e. The minimum Gasteiger partial charge on any atom is -0.385 e. The molecular formula is C12H6F4N2O5. The summed E-state index contributed by atoms with van der Waals surface area (Å²) < 4.78 is 54.0. The number of nitrogens with one attached hydrogen (secondary N) is 2. The number of carbonyl (C=O) groups is 3. The molecule has 2 aliphatic rings. The van der Waals surface area contributed by atoms with Gasteiger partial charge in [0.25, 0.3) is 0 Å². The number of cyclic esters (lactones) is 2. The summed E-state index contributed by atoms with van der Waals surface area (Å²) in [4.78, 5) is 31.9. The van der Waals surface area contributed by atoms with E-state index in [2.05, 4.69) is 4.74 Å². The van der Waals surface area contributed by atoms with E-state index in [1.54, 1.807) is 5.43 Å². The van der Waals surface area contributed by atoms with Crippen molar-refractivity contribution in [3.05, 3.63) is 46.9 Å². The number of hydrogen-bond acceptors (Lipinski definition) is 7. The van der Waals surface area contributed by atoms with Crippen LogP contribution in [0, 0.1) is 11.6 Å². The van der Waals surface area contributed by atoms with Crippen LogP contribution in [-0.4, -0.2) is 28.8 Å². The molecule has 0 aromatic heterocycles. The lowest BCUT2D eigenvalue weighted by molar-refractivity contribution is -0.166. The third-order valence-corrected chi connectivity index (χ3v) is 2.63. The highest BCUT2D eigenvalue weighted by Gasteiger charge is 2.37. The van der Waals surface area contributed by atoms with Crippen LogP contribution in [0.3, 0.4) is 0 Å². The molecule has 0 spiro atoms. The second kappa shape index (κ2) is 5.78. The number of ketones is 1. The lowest BCUT2D eigenvalue weighted by atomic mass is 10.1. The second-order valence-electron chi connectivity index (χ2n) is 4.18. The van der Waals surface area contributed by atoms with Crippen LogP contribution in [0.1, 0.15) is 20.7 Å². The van der Waals surface area contributed by atoms with Crippen LogP contribution in [0.4, 0.5) is 17.6 Å². The highest BCUT2D eigenvalue weighted by molar-refractivity contribution is 6.14. The maximum atomic E-state index is 12.9. The summed E-state index contributed by atoms with van der Waals surface area (Å²) in [7, 11) is 0. The zero-order chi connectivity index (χ0) is 17.4. The van der Waals surface area contributed by atoms with Crippen molar-refractivity contribution in [1.29, 1.82) is 0 Å². The Morgan fingerprint density at radius 2 is 1.48 bits per heavy atom. The fourth-order valence-electron chi connectivity index (χ4n) is 1.59. The van der Waals surface area contributed by atoms with Crippen LogP contribution in [0.25, 0.3) is 0 Å². The topological polar surface area (TPSA) is 105 Å². The number of aliphatic hydroxyl groups is 1. The van der Waals surface area contributed by atoms with E-state index in [4.69, 9.17) is 5.11 Å². The quantitative estimate of drug-likeness (QED) is 0.272. The lowest BCUT2D eigenvalue weighted by Crippen LogP contribution is -2.56. The van der Waals surface area contributed by atoms with Gasteiger partial charge < -0.3 is 9.84 Å². The molecule has 1 aromatic rings. The standard InChI is InChI=1S/C8H2F2O3.C4H4F2N2O2/c9-3-1-2-4(10)6-5(3)7(11)13-8(6)12;5-3-1-2(9)4(6,10)8-7-3/h1-2H;1,7-8,10H. The highest BCUT2D eigenvalue weighted by Crippen LogP contribution is 2.24. The minimum atomic E-state index is -3.20. The number of halogens is 4. The fourth-order valence-corrected chi connectivity index (χ4v) is 1.59. The molecule has 0 saturated heterocycles. The Bertz CT molecular complexity index is 708. The average Bonchev–Trinajstić information content (AvgIpc) is 2.76. The van der Waals surface area contributed by atoms with Gasteiger partial charge in [0.05, 0.1) is 0 Å². The number of alkyl halides is 1. The summed E-state index contributed by atoms with van der Waals surface area (Å²) in [6.07, 6.45) is 0.316. The number of fused-ring (bicyclic) bond motifs is 1. The number of hydrazine groups is 1. The summed E-state index contributed by atoms with van der Waals surface area (Å²) in [5.41, 5.74) is 1.76. The molecule has 0 radical (unpaired) electrons. The molecule has 1 atom stereocenters. The van der Waals surface area contributed by atoms with E-state index in [0.717, 1.165) is 12.1 Å². The molecule has 0 bridgehead atoms. The van der Waals surface area contributed by atoms with E-state index in [0.29, 0.717) is 6.08 Å². The van der Waals surface area contributed by atoms with Gasteiger partial charge in [-0.1, -0.05) is 0 Å². The number of ether oxygens (including phenoxy) is 1. The first kappa shape index (κ1) is 16.6. The van der Waals surface area contributed by atoms with Gasteiger partial charge in [-0.2, -0.15) is 14.2 Å². The second-order valence-corrected chi connectivity index (χ2v) is 4.18. The van der Waals surface area contributed by atoms with E-state index in [9.17, 15) is 31.9 Å². The summed E-state index contributed by atoms with van der Waals surface area (Å²) in [6, 6.07) is 1.54. The van der Waals surface area contributed by atoms with Crippen LogP contribution in [0.5, 0.6) is 0 Å². The predicted octanol–water partition coefficient (Wildman–Crippen LogP) is 0.365. The highest BCUT2D eigenvalue weighted by atomic mass is 19.2. The third kappa shape index (κ3) is 3.19. The fraction of sp³-hybridized carbons (Fsp3) is 0.0833. The van der Waals surface area contributed by atoms with Crippen molar-refractivity contribution in [1.82, 2.24) is 10.9 Å². The van der Waals surface area contributed by atoms with E-state index in [1.807, 2.05) is 0 Å². The average molecular weight is 334 g/mol. The first-order chi connectivity index (χ1) is 10.6. The van der Waals surface area contributed by atoms with Gasteiger partial charge in [0.1, 0.15) is 22.8 Å².